The molecule has 6 aromatic heterocycles. The molecule has 0 N–H and O–H groups in total. The van der Waals surface area contributed by atoms with Crippen molar-refractivity contribution in [3.05, 3.63) is 276 Å². The number of para-hydroxylation sites is 5. The van der Waals surface area contributed by atoms with Crippen molar-refractivity contribution in [3.8, 4) is 52.3 Å². The van der Waals surface area contributed by atoms with Gasteiger partial charge in [-0.1, -0.05) is 127 Å². The van der Waals surface area contributed by atoms with Crippen LogP contribution in [0.5, 0.6) is 0 Å². The van der Waals surface area contributed by atoms with E-state index in [2.05, 4.69) is 212 Å². The molecule has 18 rings (SSSR count). The van der Waals surface area contributed by atoms with Gasteiger partial charge in [0.2, 0.25) is 0 Å². The highest BCUT2D eigenvalue weighted by Crippen LogP contribution is 2.64. The summed E-state index contributed by atoms with van der Waals surface area (Å²) in [7, 11) is 0. The number of hydrogen-bond donors (Lipinski definition) is 0. The molecule has 16 aromatic rings. The van der Waals surface area contributed by atoms with E-state index in [1.54, 1.807) is 11.8 Å². The minimum Gasteiger partial charge on any atom is -0.308 e. The van der Waals surface area contributed by atoms with Crippen LogP contribution in [0.15, 0.2) is 247 Å². The lowest BCUT2D eigenvalue weighted by Gasteiger charge is -2.41. The van der Waals surface area contributed by atoms with Crippen LogP contribution in [0.4, 0.5) is 0 Å². The monoisotopic (exact) mass is 1090 g/mol. The van der Waals surface area contributed by atoms with Gasteiger partial charge >= 0.3 is 0 Å². The summed E-state index contributed by atoms with van der Waals surface area (Å²) in [5.41, 5.74) is 18.3. The number of nitriles is 3. The Labute approximate surface area is 483 Å². The molecule has 1 aliphatic heterocycles. The minimum absolute atomic E-state index is 0.534. The van der Waals surface area contributed by atoms with Gasteiger partial charge < -0.3 is 18.3 Å². The van der Waals surface area contributed by atoms with Crippen molar-refractivity contribution in [2.45, 2.75) is 15.2 Å². The summed E-state index contributed by atoms with van der Waals surface area (Å²) in [4.78, 5) is 13.4. The third kappa shape index (κ3) is 5.99. The van der Waals surface area contributed by atoms with Crippen LogP contribution < -0.4 is 0 Å². The first-order chi connectivity index (χ1) is 41.5. The van der Waals surface area contributed by atoms with Crippen LogP contribution in [0, 0.1) is 34.0 Å². The molecule has 0 saturated heterocycles. The van der Waals surface area contributed by atoms with Gasteiger partial charge in [0.1, 0.15) is 0 Å². The van der Waals surface area contributed by atoms with Crippen LogP contribution in [-0.2, 0) is 5.41 Å². The van der Waals surface area contributed by atoms with Crippen molar-refractivity contribution < 1.29 is 0 Å². The van der Waals surface area contributed by atoms with Crippen molar-refractivity contribution >= 4 is 99.0 Å². The standard InChI is InChI=1S/C74H39N9S/c75-38-43-29-32-67-53(33-43)52-17-5-10-24-64(52)83(67)69-26-12-19-57-73(69)84-72-56(18-11-25-68(72)82-62-22-8-3-15-50(62)51-16-4-9-23-63(51)82)74(57)58-36-46(80-60-20-6-1-13-48(60)49-14-2-7-21-61(49)80)41-78-70(58)71-59(74)37-47(42-79-71)81-65-30-27-44(39-76)34-54(65)55-35-45(40-77)28-31-66(55)81/h1-37,41-42H. The average molecular weight is 1090 g/mol. The highest BCUT2D eigenvalue weighted by molar-refractivity contribution is 7.99. The third-order valence-corrected chi connectivity index (χ3v) is 19.0. The first-order valence-electron chi connectivity index (χ1n) is 27.8. The summed E-state index contributed by atoms with van der Waals surface area (Å²) in [6.07, 6.45) is 3.97. The molecular formula is C74H39N9S. The molecule has 2 aliphatic rings. The summed E-state index contributed by atoms with van der Waals surface area (Å²) in [5.74, 6) is 0. The molecule has 10 aromatic carbocycles. The van der Waals surface area contributed by atoms with Gasteiger partial charge in [0.05, 0.1) is 131 Å². The maximum atomic E-state index is 10.3. The predicted octanol–water partition coefficient (Wildman–Crippen LogP) is 17.3. The predicted molar refractivity (Wildman–Crippen MR) is 335 cm³/mol. The molecule has 9 nitrogen and oxygen atoms in total. The van der Waals surface area contributed by atoms with Gasteiger partial charge in [-0.3, -0.25) is 9.97 Å². The molecule has 0 radical (unpaired) electrons. The van der Waals surface area contributed by atoms with E-state index in [1.807, 2.05) is 60.9 Å². The number of benzene rings is 10. The van der Waals surface area contributed by atoms with E-state index in [0.717, 1.165) is 143 Å². The minimum atomic E-state index is -1.07. The second-order valence-corrected chi connectivity index (χ2v) is 22.8. The Kier molecular flexibility index (Phi) is 9.38. The maximum Gasteiger partial charge on any atom is 0.0991 e. The number of rotatable bonds is 4. The largest absolute Gasteiger partial charge is 0.308 e. The summed E-state index contributed by atoms with van der Waals surface area (Å²) >= 11 is 1.80. The zero-order valence-corrected chi connectivity index (χ0v) is 45.3. The zero-order valence-electron chi connectivity index (χ0n) is 44.4. The van der Waals surface area contributed by atoms with Crippen molar-refractivity contribution in [1.82, 2.24) is 28.2 Å². The van der Waals surface area contributed by atoms with Crippen molar-refractivity contribution in [1.29, 1.82) is 15.8 Å². The molecule has 1 unspecified atom stereocenters. The highest BCUT2D eigenvalue weighted by atomic mass is 32.2. The van der Waals surface area contributed by atoms with Gasteiger partial charge in [0, 0.05) is 64.0 Å². The Morgan fingerprint density at radius 3 is 1.01 bits per heavy atom. The van der Waals surface area contributed by atoms with Crippen LogP contribution in [-0.4, -0.2) is 28.2 Å². The van der Waals surface area contributed by atoms with E-state index in [9.17, 15) is 15.8 Å². The third-order valence-electron chi connectivity index (χ3n) is 17.8. The molecule has 0 fully saturated rings. The fourth-order valence-electron chi connectivity index (χ4n) is 14.4. The molecule has 1 spiro atoms. The molecular weight excluding hydrogens is 1050 g/mol. The maximum absolute atomic E-state index is 10.3. The summed E-state index contributed by atoms with van der Waals surface area (Å²) in [6, 6.07) is 86.2. The van der Waals surface area contributed by atoms with Crippen molar-refractivity contribution in [3.63, 3.8) is 0 Å². The average Bonchev–Trinajstić information content (AvgIpc) is 1.46. The Balaban J connectivity index is 1.02. The number of hydrogen-bond acceptors (Lipinski definition) is 6. The van der Waals surface area contributed by atoms with Gasteiger partial charge in [-0.15, -0.1) is 0 Å². The molecule has 84 heavy (non-hydrogen) atoms. The molecule has 10 heteroatoms. The van der Waals surface area contributed by atoms with E-state index < -0.39 is 5.41 Å². The fourth-order valence-corrected chi connectivity index (χ4v) is 15.8. The molecule has 0 saturated carbocycles. The van der Waals surface area contributed by atoms with Gasteiger partial charge in [0.15, 0.2) is 0 Å². The van der Waals surface area contributed by atoms with E-state index in [-0.39, 0.29) is 0 Å². The molecule has 7 heterocycles. The Morgan fingerprint density at radius 2 is 0.631 bits per heavy atom. The van der Waals surface area contributed by atoms with Gasteiger partial charge in [-0.05, 0) is 120 Å². The number of aromatic nitrogens is 6. The topological polar surface area (TPSA) is 117 Å². The molecule has 0 bridgehead atoms. The Bertz CT molecular complexity index is 5610. The highest BCUT2D eigenvalue weighted by Gasteiger charge is 2.53. The smallest absolute Gasteiger partial charge is 0.0991 e. The van der Waals surface area contributed by atoms with Crippen LogP contribution in [0.3, 0.4) is 0 Å². The van der Waals surface area contributed by atoms with Gasteiger partial charge in [-0.2, -0.15) is 15.8 Å². The molecule has 386 valence electrons. The SMILES string of the molecule is N#Cc1ccc2c(c1)c1cc(C#N)ccc1n2-c1cnc2c(c1)C1(c3cc(-n4c5ccccc5c5ccccc54)cnc3-2)c2cccc(-n3c4ccccc4c4ccccc43)c2Sc2c(-n3c4ccccc4c4cc(C#N)ccc43)cccc21. The van der Waals surface area contributed by atoms with E-state index in [4.69, 9.17) is 9.97 Å². The first kappa shape index (κ1) is 46.3. The normalized spacial score (nSPS) is 14.2. The molecule has 1 atom stereocenters. The van der Waals surface area contributed by atoms with Crippen LogP contribution in [0.1, 0.15) is 38.9 Å². The van der Waals surface area contributed by atoms with E-state index in [1.165, 1.54) is 10.8 Å². The Hall–Kier alpha value is -11.5. The lowest BCUT2D eigenvalue weighted by Crippen LogP contribution is -2.33. The second-order valence-electron chi connectivity index (χ2n) is 21.8. The van der Waals surface area contributed by atoms with E-state index >= 15 is 0 Å². The lowest BCUT2D eigenvalue weighted by atomic mass is 9.67. The zero-order chi connectivity index (χ0) is 55.5. The summed E-state index contributed by atoms with van der Waals surface area (Å²) in [5, 5.41) is 39.2. The number of fused-ring (bicyclic) bond motifs is 21. The molecule has 0 amide bonds. The van der Waals surface area contributed by atoms with Gasteiger partial charge in [-0.25, -0.2) is 0 Å². The summed E-state index contributed by atoms with van der Waals surface area (Å²) < 4.78 is 9.42. The first-order valence-corrected chi connectivity index (χ1v) is 28.6. The van der Waals surface area contributed by atoms with Crippen LogP contribution in [0.2, 0.25) is 0 Å². The number of nitrogens with zero attached hydrogens (tertiary/aromatic N) is 9. The summed E-state index contributed by atoms with van der Waals surface area (Å²) in [6.45, 7) is 0. The van der Waals surface area contributed by atoms with E-state index in [0.29, 0.717) is 16.7 Å². The number of pyridine rings is 2. The second kappa shape index (κ2) is 17.0. The van der Waals surface area contributed by atoms with Crippen LogP contribution >= 0.6 is 11.8 Å². The van der Waals surface area contributed by atoms with Crippen molar-refractivity contribution in [2.24, 2.45) is 0 Å². The van der Waals surface area contributed by atoms with Gasteiger partial charge in [0.25, 0.3) is 0 Å². The molecule has 1 aliphatic carbocycles. The fraction of sp³-hybridized carbons (Fsp3) is 0.0135. The Morgan fingerprint density at radius 1 is 0.310 bits per heavy atom. The van der Waals surface area contributed by atoms with Crippen molar-refractivity contribution in [2.75, 3.05) is 0 Å². The van der Waals surface area contributed by atoms with Crippen LogP contribution in [0.25, 0.3) is 121 Å². The lowest BCUT2D eigenvalue weighted by molar-refractivity contribution is 0.713. The quantitative estimate of drug-likeness (QED) is 0.173.